The summed E-state index contributed by atoms with van der Waals surface area (Å²) < 4.78 is 18.7. The number of carbonyl (C=O) groups excluding carboxylic acids is 4. The Balaban J connectivity index is 1.09. The van der Waals surface area contributed by atoms with Gasteiger partial charge in [-0.2, -0.15) is 5.06 Å². The number of hydroxylamine groups is 2. The molecule has 1 N–H and O–H groups in total. The molecular weight excluding hydrogens is 472 g/mol. The molecule has 4 aliphatic heterocycles. The number of piperidine rings is 1. The van der Waals surface area contributed by atoms with Crippen molar-refractivity contribution < 1.29 is 44.8 Å². The Morgan fingerprint density at radius 2 is 1.72 bits per heavy atom. The first kappa shape index (κ1) is 24.9. The molecular formula is C25H34N2O9. The van der Waals surface area contributed by atoms with Crippen LogP contribution in [0.4, 0.5) is 0 Å². The topological polar surface area (TPSA) is 140 Å². The Labute approximate surface area is 211 Å². The van der Waals surface area contributed by atoms with Crippen LogP contribution in [0.3, 0.4) is 0 Å². The molecule has 0 radical (unpaired) electrons. The molecule has 4 heterocycles. The highest BCUT2D eigenvalue weighted by Gasteiger charge is 2.61. The lowest BCUT2D eigenvalue weighted by molar-refractivity contribution is -0.192. The Morgan fingerprint density at radius 3 is 2.33 bits per heavy atom. The van der Waals surface area contributed by atoms with Crippen LogP contribution in [0, 0.1) is 17.3 Å². The van der Waals surface area contributed by atoms with Gasteiger partial charge >= 0.3 is 11.9 Å². The Morgan fingerprint density at radius 1 is 1.06 bits per heavy atom. The van der Waals surface area contributed by atoms with Crippen molar-refractivity contribution in [2.45, 2.75) is 70.5 Å². The van der Waals surface area contributed by atoms with E-state index in [4.69, 9.17) is 20.8 Å². The molecule has 0 saturated carbocycles. The largest absolute Gasteiger partial charge is 0.481 e. The first-order chi connectivity index (χ1) is 17.7. The van der Waals surface area contributed by atoms with E-state index in [2.05, 4.69) is 0 Å². The lowest BCUT2D eigenvalue weighted by Gasteiger charge is -2.39. The summed E-state index contributed by atoms with van der Waals surface area (Å²) in [6, 6.07) is 0. The maximum atomic E-state index is 12.6. The number of esters is 1. The Hall–Kier alpha value is -2.79. The van der Waals surface area contributed by atoms with Crippen molar-refractivity contribution >= 4 is 29.7 Å². The second kappa shape index (κ2) is 11.1. The van der Waals surface area contributed by atoms with Gasteiger partial charge in [-0.15, -0.1) is 0 Å². The number of carboxylic acids is 1. The minimum Gasteiger partial charge on any atom is -0.481 e. The first-order valence-electron chi connectivity index (χ1n) is 13.2. The van der Waals surface area contributed by atoms with Gasteiger partial charge < -0.3 is 19.5 Å². The number of aliphatic carboxylic acids is 1. The molecule has 198 valence electrons. The molecule has 4 atom stereocenters. The molecule has 4 rings (SSSR count). The number of unbranched alkanes of at least 4 members (excludes halogenated alkanes) is 2. The van der Waals surface area contributed by atoms with Gasteiger partial charge in [0.25, 0.3) is 11.8 Å². The molecule has 36 heavy (non-hydrogen) atoms. The number of imide groups is 1. The molecule has 3 fully saturated rings. The van der Waals surface area contributed by atoms with Crippen LogP contribution in [0.2, 0.25) is 0 Å². The standard InChI is InChI=1S/C25H34N2O9/c1-25(15-34-20(31)9-8-19(29)30)10-12-26(13-11-25)18(28)5-3-2-4-14-35-27-23(32)21-16-6-7-17(36-16)22(21)24(27)33/h6-7,16-17,21-22H,2-5,8-15H2,1H3,(H,29,30)/i1T. The third-order valence-corrected chi connectivity index (χ3v) is 7.38. The van der Waals surface area contributed by atoms with Crippen molar-refractivity contribution in [2.24, 2.45) is 17.3 Å². The van der Waals surface area contributed by atoms with Crippen molar-refractivity contribution in [1.29, 1.82) is 0 Å². The average molecular weight is 509 g/mol. The molecule has 11 heteroatoms. The highest BCUT2D eigenvalue weighted by molar-refractivity contribution is 6.05. The normalized spacial score (nSPS) is 28.4. The number of nitrogens with zero attached hydrogens (tertiary/aromatic N) is 2. The Kier molecular flexibility index (Phi) is 7.66. The number of carboxylic acid groups (broad SMARTS) is 1. The smallest absolute Gasteiger partial charge is 0.306 e. The third kappa shape index (κ3) is 5.78. The molecule has 2 bridgehead atoms. The van der Waals surface area contributed by atoms with Gasteiger partial charge in [-0.05, 0) is 25.7 Å². The number of amides is 3. The number of fused-ring (bicyclic) bond motifs is 5. The number of carbonyl (C=O) groups is 5. The van der Waals surface area contributed by atoms with Gasteiger partial charge in [-0.25, -0.2) is 0 Å². The molecule has 0 aliphatic carbocycles. The summed E-state index contributed by atoms with van der Waals surface area (Å²) in [5.74, 6) is -3.28. The van der Waals surface area contributed by atoms with Crippen LogP contribution in [0.15, 0.2) is 12.2 Å². The highest BCUT2D eigenvalue weighted by Crippen LogP contribution is 2.45. The fraction of sp³-hybridized carbons (Fsp3) is 0.720. The third-order valence-electron chi connectivity index (χ3n) is 7.38. The van der Waals surface area contributed by atoms with Crippen molar-refractivity contribution in [1.82, 2.24) is 9.96 Å². The molecule has 0 spiro atoms. The van der Waals surface area contributed by atoms with E-state index in [9.17, 15) is 24.0 Å². The van der Waals surface area contributed by atoms with Gasteiger partial charge in [0.05, 0.1) is 50.1 Å². The zero-order valence-corrected chi connectivity index (χ0v) is 20.3. The lowest BCUT2D eigenvalue weighted by atomic mass is 9.81. The van der Waals surface area contributed by atoms with Gasteiger partial charge in [-0.1, -0.05) is 25.5 Å². The van der Waals surface area contributed by atoms with E-state index >= 15 is 0 Å². The van der Waals surface area contributed by atoms with E-state index < -0.39 is 29.2 Å². The van der Waals surface area contributed by atoms with Crippen molar-refractivity contribution in [3.05, 3.63) is 12.2 Å². The molecule has 0 aromatic heterocycles. The molecule has 11 nitrogen and oxygen atoms in total. The lowest BCUT2D eigenvalue weighted by Crippen LogP contribution is -2.44. The quantitative estimate of drug-likeness (QED) is 0.180. The van der Waals surface area contributed by atoms with Crippen LogP contribution < -0.4 is 0 Å². The summed E-state index contributed by atoms with van der Waals surface area (Å²) in [6.45, 7) is 1.31. The molecule has 4 aliphatic rings. The summed E-state index contributed by atoms with van der Waals surface area (Å²) in [6.07, 6.45) is 5.92. The predicted molar refractivity (Wildman–Crippen MR) is 123 cm³/mol. The summed E-state index contributed by atoms with van der Waals surface area (Å²) >= 11 is 0. The minimum absolute atomic E-state index is 0.0265. The number of hydrogen-bond donors (Lipinski definition) is 1. The van der Waals surface area contributed by atoms with Gasteiger partial charge in [0.15, 0.2) is 0 Å². The maximum absolute atomic E-state index is 12.6. The van der Waals surface area contributed by atoms with E-state index in [1.807, 2.05) is 12.2 Å². The average Bonchev–Trinajstić information content (AvgIpc) is 3.58. The minimum atomic E-state index is -1.06. The van der Waals surface area contributed by atoms with E-state index in [0.717, 1.165) is 5.06 Å². The highest BCUT2D eigenvalue weighted by atomic mass is 16.7. The SMILES string of the molecule is [3H]CC1(COC(=O)CCC(=O)O)CCN(C(=O)CCCCCON2C(=O)C3C4C=CC(O4)C3C2=O)CC1. The van der Waals surface area contributed by atoms with Crippen LogP contribution >= 0.6 is 0 Å². The Bertz CT molecular complexity index is 916. The van der Waals surface area contributed by atoms with Gasteiger partial charge in [-0.3, -0.25) is 28.8 Å². The van der Waals surface area contributed by atoms with Crippen molar-refractivity contribution in [2.75, 3.05) is 26.3 Å². The molecule has 0 aromatic carbocycles. The fourth-order valence-electron chi connectivity index (χ4n) is 5.16. The van der Waals surface area contributed by atoms with E-state index in [1.165, 1.54) is 0 Å². The van der Waals surface area contributed by atoms with E-state index in [1.54, 1.807) is 4.90 Å². The molecule has 4 unspecified atom stereocenters. The number of ether oxygens (including phenoxy) is 2. The second-order valence-electron chi connectivity index (χ2n) is 10.1. The van der Waals surface area contributed by atoms with Crippen molar-refractivity contribution in [3.8, 4) is 0 Å². The first-order valence-corrected chi connectivity index (χ1v) is 12.5. The summed E-state index contributed by atoms with van der Waals surface area (Å²) in [7, 11) is 0. The van der Waals surface area contributed by atoms with Crippen LogP contribution in [0.25, 0.3) is 0 Å². The molecule has 0 aromatic rings. The zero-order chi connectivity index (χ0) is 26.6. The zero-order valence-electron chi connectivity index (χ0n) is 21.3. The van der Waals surface area contributed by atoms with Gasteiger partial charge in [0, 0.05) is 26.3 Å². The monoisotopic (exact) mass is 508 g/mol. The maximum Gasteiger partial charge on any atom is 0.306 e. The van der Waals surface area contributed by atoms with E-state index in [-0.39, 0.29) is 62.9 Å². The van der Waals surface area contributed by atoms with Crippen molar-refractivity contribution in [3.63, 3.8) is 0 Å². The predicted octanol–water partition coefficient (Wildman–Crippen LogP) is 1.45. The fourth-order valence-corrected chi connectivity index (χ4v) is 5.16. The summed E-state index contributed by atoms with van der Waals surface area (Å²) in [5, 5.41) is 9.55. The molecule has 3 saturated heterocycles. The number of rotatable bonds is 12. The number of likely N-dealkylation sites (tertiary alicyclic amines) is 1. The molecule has 3 amide bonds. The van der Waals surface area contributed by atoms with Gasteiger partial charge in [0.2, 0.25) is 5.91 Å². The summed E-state index contributed by atoms with van der Waals surface area (Å²) in [4.78, 5) is 67.2. The number of hydrogen-bond acceptors (Lipinski definition) is 8. The van der Waals surface area contributed by atoms with Crippen LogP contribution in [-0.4, -0.2) is 83.2 Å². The van der Waals surface area contributed by atoms with Crippen LogP contribution in [-0.2, 0) is 38.3 Å². The summed E-state index contributed by atoms with van der Waals surface area (Å²) in [5.41, 5.74) is -0.516. The van der Waals surface area contributed by atoms with E-state index in [0.29, 0.717) is 51.6 Å². The van der Waals surface area contributed by atoms with Gasteiger partial charge in [0.1, 0.15) is 0 Å². The second-order valence-corrected chi connectivity index (χ2v) is 10.1. The van der Waals surface area contributed by atoms with Crippen LogP contribution in [0.5, 0.6) is 0 Å². The van der Waals surface area contributed by atoms with Crippen LogP contribution in [0.1, 0.15) is 59.6 Å².